The van der Waals surface area contributed by atoms with E-state index in [0.29, 0.717) is 12.0 Å². The van der Waals surface area contributed by atoms with Crippen molar-refractivity contribution in [3.8, 4) is 0 Å². The van der Waals surface area contributed by atoms with Gasteiger partial charge in [-0.1, -0.05) is 20.8 Å². The molecule has 0 rings (SSSR count). The predicted molar refractivity (Wildman–Crippen MR) is 53.2 cm³/mol. The first-order chi connectivity index (χ1) is 5.66. The van der Waals surface area contributed by atoms with Gasteiger partial charge in [-0.15, -0.1) is 0 Å². The largest absolute Gasteiger partial charge is 0.381 e. The molecule has 0 saturated heterocycles. The van der Waals surface area contributed by atoms with Crippen molar-refractivity contribution >= 4 is 0 Å². The molecule has 74 valence electrons. The van der Waals surface area contributed by atoms with Gasteiger partial charge in [-0.2, -0.15) is 0 Å². The molecule has 2 nitrogen and oxygen atoms in total. The van der Waals surface area contributed by atoms with Gasteiger partial charge >= 0.3 is 0 Å². The summed E-state index contributed by atoms with van der Waals surface area (Å²) >= 11 is 0. The average molecular weight is 173 g/mol. The summed E-state index contributed by atoms with van der Waals surface area (Å²) in [6, 6.07) is 0.321. The molecule has 0 heterocycles. The van der Waals surface area contributed by atoms with Gasteiger partial charge in [0.2, 0.25) is 0 Å². The van der Waals surface area contributed by atoms with Crippen LogP contribution in [0, 0.1) is 5.92 Å². The molecule has 0 saturated carbocycles. The van der Waals surface area contributed by atoms with Crippen LogP contribution in [0.5, 0.6) is 0 Å². The Kier molecular flexibility index (Phi) is 7.51. The highest BCUT2D eigenvalue weighted by molar-refractivity contribution is 4.62. The molecule has 0 radical (unpaired) electrons. The van der Waals surface area contributed by atoms with E-state index in [4.69, 9.17) is 10.5 Å². The van der Waals surface area contributed by atoms with Crippen molar-refractivity contribution in [1.29, 1.82) is 0 Å². The average Bonchev–Trinajstić information content (AvgIpc) is 1.97. The van der Waals surface area contributed by atoms with Gasteiger partial charge in [0.1, 0.15) is 0 Å². The zero-order valence-electron chi connectivity index (χ0n) is 8.68. The van der Waals surface area contributed by atoms with Gasteiger partial charge in [0, 0.05) is 19.3 Å². The Morgan fingerprint density at radius 3 is 2.42 bits per heavy atom. The van der Waals surface area contributed by atoms with Crippen LogP contribution in [-0.2, 0) is 4.74 Å². The fourth-order valence-electron chi connectivity index (χ4n) is 1.20. The molecular formula is C10H23NO. The van der Waals surface area contributed by atoms with Crippen molar-refractivity contribution in [2.45, 2.75) is 46.1 Å². The Morgan fingerprint density at radius 2 is 1.92 bits per heavy atom. The second kappa shape index (κ2) is 7.56. The Morgan fingerprint density at radius 1 is 1.25 bits per heavy atom. The monoisotopic (exact) mass is 173 g/mol. The maximum absolute atomic E-state index is 5.88. The van der Waals surface area contributed by atoms with E-state index in [2.05, 4.69) is 20.8 Å². The molecule has 1 atom stereocenters. The Hall–Kier alpha value is -0.0800. The summed E-state index contributed by atoms with van der Waals surface area (Å²) in [4.78, 5) is 0. The molecule has 0 aliphatic rings. The van der Waals surface area contributed by atoms with Crippen molar-refractivity contribution in [3.05, 3.63) is 0 Å². The molecular weight excluding hydrogens is 150 g/mol. The summed E-state index contributed by atoms with van der Waals surface area (Å²) in [5.41, 5.74) is 5.88. The van der Waals surface area contributed by atoms with Crippen LogP contribution < -0.4 is 5.73 Å². The number of ether oxygens (including phenoxy) is 1. The maximum Gasteiger partial charge on any atom is 0.0480 e. The van der Waals surface area contributed by atoms with Gasteiger partial charge in [0.05, 0.1) is 0 Å². The van der Waals surface area contributed by atoms with Crippen molar-refractivity contribution in [2.24, 2.45) is 11.7 Å². The quantitative estimate of drug-likeness (QED) is 0.599. The molecule has 0 aliphatic carbocycles. The lowest BCUT2D eigenvalue weighted by Crippen LogP contribution is -2.23. The molecule has 0 fully saturated rings. The second-order valence-corrected chi connectivity index (χ2v) is 3.79. The molecule has 0 spiro atoms. The molecule has 2 N–H and O–H groups in total. The van der Waals surface area contributed by atoms with Crippen LogP contribution in [0.3, 0.4) is 0 Å². The lowest BCUT2D eigenvalue weighted by Gasteiger charge is -2.13. The van der Waals surface area contributed by atoms with E-state index in [1.165, 1.54) is 0 Å². The lowest BCUT2D eigenvalue weighted by molar-refractivity contribution is 0.126. The van der Waals surface area contributed by atoms with Crippen molar-refractivity contribution in [1.82, 2.24) is 0 Å². The van der Waals surface area contributed by atoms with Crippen molar-refractivity contribution < 1.29 is 4.74 Å². The third-order valence-electron chi connectivity index (χ3n) is 1.76. The summed E-state index contributed by atoms with van der Waals surface area (Å²) in [5, 5.41) is 0. The smallest absolute Gasteiger partial charge is 0.0480 e. The topological polar surface area (TPSA) is 35.2 Å². The SMILES string of the molecule is CCCOCCC(N)CC(C)C. The van der Waals surface area contributed by atoms with E-state index in [1.54, 1.807) is 0 Å². The van der Waals surface area contributed by atoms with Gasteiger partial charge in [-0.25, -0.2) is 0 Å². The van der Waals surface area contributed by atoms with Gasteiger partial charge in [-0.05, 0) is 25.2 Å². The Bertz CT molecular complexity index is 93.8. The van der Waals surface area contributed by atoms with Crippen LogP contribution in [-0.4, -0.2) is 19.3 Å². The van der Waals surface area contributed by atoms with Gasteiger partial charge < -0.3 is 10.5 Å². The zero-order chi connectivity index (χ0) is 9.40. The lowest BCUT2D eigenvalue weighted by atomic mass is 10.0. The Labute approximate surface area is 76.5 Å². The predicted octanol–water partition coefficient (Wildman–Crippen LogP) is 2.18. The number of nitrogens with two attached hydrogens (primary N) is 1. The minimum Gasteiger partial charge on any atom is -0.381 e. The van der Waals surface area contributed by atoms with Crippen molar-refractivity contribution in [3.63, 3.8) is 0 Å². The van der Waals surface area contributed by atoms with E-state index >= 15 is 0 Å². The first-order valence-electron chi connectivity index (χ1n) is 5.00. The fraction of sp³-hybridized carbons (Fsp3) is 1.00. The van der Waals surface area contributed by atoms with Crippen LogP contribution in [0.25, 0.3) is 0 Å². The first kappa shape index (κ1) is 11.9. The molecule has 12 heavy (non-hydrogen) atoms. The molecule has 0 amide bonds. The maximum atomic E-state index is 5.88. The van der Waals surface area contributed by atoms with Gasteiger partial charge in [0.25, 0.3) is 0 Å². The minimum atomic E-state index is 0.321. The molecule has 0 aromatic heterocycles. The number of hydrogen-bond donors (Lipinski definition) is 1. The molecule has 0 aliphatic heterocycles. The van der Waals surface area contributed by atoms with E-state index in [-0.39, 0.29) is 0 Å². The highest BCUT2D eigenvalue weighted by Gasteiger charge is 2.04. The second-order valence-electron chi connectivity index (χ2n) is 3.79. The van der Waals surface area contributed by atoms with Crippen LogP contribution in [0.2, 0.25) is 0 Å². The van der Waals surface area contributed by atoms with Crippen molar-refractivity contribution in [2.75, 3.05) is 13.2 Å². The fourth-order valence-corrected chi connectivity index (χ4v) is 1.20. The molecule has 0 aromatic carbocycles. The van der Waals surface area contributed by atoms with Crippen LogP contribution in [0.15, 0.2) is 0 Å². The molecule has 1 unspecified atom stereocenters. The third-order valence-corrected chi connectivity index (χ3v) is 1.76. The van der Waals surface area contributed by atoms with Crippen LogP contribution in [0.1, 0.15) is 40.0 Å². The number of hydrogen-bond acceptors (Lipinski definition) is 2. The summed E-state index contributed by atoms with van der Waals surface area (Å²) in [6.45, 7) is 8.21. The summed E-state index contributed by atoms with van der Waals surface area (Å²) in [5.74, 6) is 0.700. The molecule has 0 bridgehead atoms. The summed E-state index contributed by atoms with van der Waals surface area (Å²) in [7, 11) is 0. The van der Waals surface area contributed by atoms with Crippen LogP contribution >= 0.6 is 0 Å². The number of rotatable bonds is 7. The van der Waals surface area contributed by atoms with E-state index in [1.807, 2.05) is 0 Å². The third kappa shape index (κ3) is 8.02. The van der Waals surface area contributed by atoms with E-state index < -0.39 is 0 Å². The van der Waals surface area contributed by atoms with E-state index in [9.17, 15) is 0 Å². The van der Waals surface area contributed by atoms with Gasteiger partial charge in [-0.3, -0.25) is 0 Å². The van der Waals surface area contributed by atoms with E-state index in [0.717, 1.165) is 32.5 Å². The highest BCUT2D eigenvalue weighted by atomic mass is 16.5. The molecule has 2 heteroatoms. The molecule has 0 aromatic rings. The summed E-state index contributed by atoms with van der Waals surface area (Å²) < 4.78 is 5.36. The standard InChI is InChI=1S/C10H23NO/c1-4-6-12-7-5-10(11)8-9(2)3/h9-10H,4-8,11H2,1-3H3. The van der Waals surface area contributed by atoms with Crippen LogP contribution in [0.4, 0.5) is 0 Å². The normalized spacial score (nSPS) is 13.8. The van der Waals surface area contributed by atoms with Gasteiger partial charge in [0.15, 0.2) is 0 Å². The highest BCUT2D eigenvalue weighted by Crippen LogP contribution is 2.05. The minimum absolute atomic E-state index is 0.321. The zero-order valence-corrected chi connectivity index (χ0v) is 8.68. The first-order valence-corrected chi connectivity index (χ1v) is 5.00. The Balaban J connectivity index is 3.14. The summed E-state index contributed by atoms with van der Waals surface area (Å²) in [6.07, 6.45) is 3.20.